The van der Waals surface area contributed by atoms with Crippen molar-refractivity contribution in [3.05, 3.63) is 22.4 Å². The van der Waals surface area contributed by atoms with Crippen molar-refractivity contribution in [1.82, 2.24) is 9.80 Å². The van der Waals surface area contributed by atoms with Gasteiger partial charge < -0.3 is 4.90 Å². The SMILES string of the molecule is CN(C)C1(c2cccs2)CCC2(CCN(C(=O)CCC3(C#N)CCC3)C2)CC1. The Balaban J connectivity index is 1.35. The minimum Gasteiger partial charge on any atom is -0.342 e. The van der Waals surface area contributed by atoms with E-state index in [-0.39, 0.29) is 16.9 Å². The highest BCUT2D eigenvalue weighted by atomic mass is 32.1. The second-order valence-electron chi connectivity index (χ2n) is 9.71. The van der Waals surface area contributed by atoms with Gasteiger partial charge in [-0.05, 0) is 82.3 Å². The Labute approximate surface area is 173 Å². The molecule has 2 saturated carbocycles. The molecule has 0 aromatic carbocycles. The molecular formula is C23H33N3OS. The van der Waals surface area contributed by atoms with Crippen LogP contribution in [0, 0.1) is 22.2 Å². The van der Waals surface area contributed by atoms with Gasteiger partial charge in [-0.15, -0.1) is 11.3 Å². The highest BCUT2D eigenvalue weighted by Gasteiger charge is 2.49. The molecule has 3 fully saturated rings. The zero-order chi connectivity index (χ0) is 19.8. The average molecular weight is 400 g/mol. The predicted octanol–water partition coefficient (Wildman–Crippen LogP) is 4.77. The third kappa shape index (κ3) is 3.39. The molecule has 1 aromatic rings. The number of nitrogens with zero attached hydrogens (tertiary/aromatic N) is 3. The monoisotopic (exact) mass is 399 g/mol. The molecule has 1 spiro atoms. The van der Waals surface area contributed by atoms with Crippen LogP contribution in [0.1, 0.15) is 69.1 Å². The Bertz CT molecular complexity index is 736. The average Bonchev–Trinajstić information content (AvgIpc) is 3.33. The number of hydrogen-bond acceptors (Lipinski definition) is 4. The van der Waals surface area contributed by atoms with Crippen molar-refractivity contribution in [2.45, 2.75) is 69.7 Å². The van der Waals surface area contributed by atoms with Crippen LogP contribution in [0.4, 0.5) is 0 Å². The zero-order valence-corrected chi connectivity index (χ0v) is 18.2. The summed E-state index contributed by atoms with van der Waals surface area (Å²) in [5.41, 5.74) is 0.292. The molecule has 0 radical (unpaired) electrons. The lowest BCUT2D eigenvalue weighted by Crippen LogP contribution is -2.47. The molecule has 4 nitrogen and oxygen atoms in total. The summed E-state index contributed by atoms with van der Waals surface area (Å²) in [6, 6.07) is 6.93. The molecule has 1 saturated heterocycles. The lowest BCUT2D eigenvalue weighted by molar-refractivity contribution is -0.131. The molecule has 1 aliphatic heterocycles. The van der Waals surface area contributed by atoms with E-state index in [0.29, 0.717) is 11.8 Å². The Hall–Kier alpha value is -1.38. The highest BCUT2D eigenvalue weighted by Crippen LogP contribution is 2.52. The summed E-state index contributed by atoms with van der Waals surface area (Å²) in [6.07, 6.45) is 10.3. The highest BCUT2D eigenvalue weighted by molar-refractivity contribution is 7.10. The maximum atomic E-state index is 12.8. The van der Waals surface area contributed by atoms with Gasteiger partial charge in [-0.2, -0.15) is 5.26 Å². The van der Waals surface area contributed by atoms with Gasteiger partial charge in [-0.25, -0.2) is 0 Å². The number of carbonyl (C=O) groups is 1. The number of rotatable bonds is 5. The summed E-state index contributed by atoms with van der Waals surface area (Å²) >= 11 is 1.88. The van der Waals surface area contributed by atoms with Crippen LogP contribution < -0.4 is 0 Å². The first-order valence-corrected chi connectivity index (χ1v) is 11.7. The van der Waals surface area contributed by atoms with E-state index in [9.17, 15) is 10.1 Å². The van der Waals surface area contributed by atoms with Crippen LogP contribution in [0.5, 0.6) is 0 Å². The van der Waals surface area contributed by atoms with Crippen molar-refractivity contribution in [3.63, 3.8) is 0 Å². The van der Waals surface area contributed by atoms with Crippen molar-refractivity contribution in [3.8, 4) is 6.07 Å². The summed E-state index contributed by atoms with van der Waals surface area (Å²) < 4.78 is 0. The largest absolute Gasteiger partial charge is 0.342 e. The molecule has 0 bridgehead atoms. The fourth-order valence-corrected chi connectivity index (χ4v) is 6.80. The zero-order valence-electron chi connectivity index (χ0n) is 17.4. The van der Waals surface area contributed by atoms with Gasteiger partial charge >= 0.3 is 0 Å². The molecule has 0 atom stereocenters. The number of amides is 1. The first-order valence-electron chi connectivity index (χ1n) is 10.8. The smallest absolute Gasteiger partial charge is 0.222 e. The van der Waals surface area contributed by atoms with E-state index in [4.69, 9.17) is 0 Å². The summed E-state index contributed by atoms with van der Waals surface area (Å²) in [5.74, 6) is 0.279. The second kappa shape index (κ2) is 7.46. The van der Waals surface area contributed by atoms with E-state index in [1.807, 2.05) is 11.3 Å². The van der Waals surface area contributed by atoms with Gasteiger partial charge in [-0.1, -0.05) is 12.5 Å². The Morgan fingerprint density at radius 3 is 2.50 bits per heavy atom. The number of nitriles is 1. The van der Waals surface area contributed by atoms with Gasteiger partial charge in [0, 0.05) is 24.4 Å². The third-order valence-corrected chi connectivity index (χ3v) is 9.19. The lowest BCUT2D eigenvalue weighted by atomic mass is 9.66. The molecule has 4 rings (SSSR count). The van der Waals surface area contributed by atoms with E-state index in [1.165, 1.54) is 30.6 Å². The summed E-state index contributed by atoms with van der Waals surface area (Å²) in [7, 11) is 4.43. The van der Waals surface area contributed by atoms with Gasteiger partial charge in [0.15, 0.2) is 0 Å². The standard InChI is InChI=1S/C23H33N3OS/c1-25(2)23(19-5-3-16-28-19)12-10-22(11-13-23)14-15-26(18-22)20(27)6-9-21(17-24)7-4-8-21/h3,5,16H,4,6-15,18H2,1-2H3. The van der Waals surface area contributed by atoms with E-state index in [1.54, 1.807) is 0 Å². The summed E-state index contributed by atoms with van der Waals surface area (Å²) in [4.78, 5) is 18.8. The molecule has 2 aliphatic carbocycles. The first kappa shape index (κ1) is 19.9. The lowest BCUT2D eigenvalue weighted by Gasteiger charge is -2.48. The molecular weight excluding hydrogens is 366 g/mol. The van der Waals surface area contributed by atoms with Crippen LogP contribution in [-0.4, -0.2) is 42.9 Å². The Morgan fingerprint density at radius 1 is 1.21 bits per heavy atom. The topological polar surface area (TPSA) is 47.3 Å². The third-order valence-electron chi connectivity index (χ3n) is 8.13. The normalized spacial score (nSPS) is 31.7. The fraction of sp³-hybridized carbons (Fsp3) is 0.739. The van der Waals surface area contributed by atoms with Crippen LogP contribution in [0.3, 0.4) is 0 Å². The van der Waals surface area contributed by atoms with Crippen molar-refractivity contribution in [2.24, 2.45) is 10.8 Å². The molecule has 152 valence electrons. The fourth-order valence-electron chi connectivity index (χ4n) is 5.73. The van der Waals surface area contributed by atoms with Gasteiger partial charge in [0.25, 0.3) is 0 Å². The number of carbonyl (C=O) groups excluding carboxylic acids is 1. The van der Waals surface area contributed by atoms with E-state index < -0.39 is 0 Å². The van der Waals surface area contributed by atoms with Crippen molar-refractivity contribution in [1.29, 1.82) is 5.26 Å². The van der Waals surface area contributed by atoms with Gasteiger partial charge in [0.1, 0.15) is 0 Å². The van der Waals surface area contributed by atoms with Gasteiger partial charge in [0.2, 0.25) is 5.91 Å². The summed E-state index contributed by atoms with van der Waals surface area (Å²) in [5, 5.41) is 11.6. The van der Waals surface area contributed by atoms with E-state index in [2.05, 4.69) is 47.5 Å². The predicted molar refractivity (Wildman–Crippen MR) is 113 cm³/mol. The van der Waals surface area contributed by atoms with Gasteiger partial charge in [0.05, 0.1) is 17.0 Å². The van der Waals surface area contributed by atoms with Crippen LogP contribution >= 0.6 is 11.3 Å². The van der Waals surface area contributed by atoms with Crippen molar-refractivity contribution in [2.75, 3.05) is 27.2 Å². The molecule has 1 aromatic heterocycles. The minimum atomic E-state index is -0.191. The maximum absolute atomic E-state index is 12.8. The van der Waals surface area contributed by atoms with Crippen LogP contribution in [0.15, 0.2) is 17.5 Å². The van der Waals surface area contributed by atoms with Crippen molar-refractivity contribution >= 4 is 17.2 Å². The number of likely N-dealkylation sites (tertiary alicyclic amines) is 1. The molecule has 0 unspecified atom stereocenters. The Morgan fingerprint density at radius 2 is 1.96 bits per heavy atom. The maximum Gasteiger partial charge on any atom is 0.222 e. The first-order chi connectivity index (χ1) is 13.4. The summed E-state index contributed by atoms with van der Waals surface area (Å²) in [6.45, 7) is 1.84. The molecule has 28 heavy (non-hydrogen) atoms. The number of thiophene rings is 1. The Kier molecular flexibility index (Phi) is 5.31. The quantitative estimate of drug-likeness (QED) is 0.716. The molecule has 1 amide bonds. The second-order valence-corrected chi connectivity index (χ2v) is 10.7. The minimum absolute atomic E-state index is 0.167. The van der Waals surface area contributed by atoms with Crippen LogP contribution in [0.2, 0.25) is 0 Å². The number of hydrogen-bond donors (Lipinski definition) is 0. The van der Waals surface area contributed by atoms with Crippen LogP contribution in [-0.2, 0) is 10.3 Å². The van der Waals surface area contributed by atoms with Gasteiger partial charge in [-0.3, -0.25) is 9.69 Å². The van der Waals surface area contributed by atoms with Crippen molar-refractivity contribution < 1.29 is 4.79 Å². The van der Waals surface area contributed by atoms with E-state index in [0.717, 1.165) is 45.2 Å². The molecule has 3 aliphatic rings. The van der Waals surface area contributed by atoms with E-state index >= 15 is 0 Å². The molecule has 0 N–H and O–H groups in total. The molecule has 2 heterocycles. The molecule has 5 heteroatoms. The van der Waals surface area contributed by atoms with Crippen LogP contribution in [0.25, 0.3) is 0 Å².